The Morgan fingerprint density at radius 1 is 1.03 bits per heavy atom. The summed E-state index contributed by atoms with van der Waals surface area (Å²) in [4.78, 5) is 10.3. The fraction of sp³-hybridized carbons (Fsp3) is 0.136. The molecule has 0 N–H and O–H groups in total. The van der Waals surface area contributed by atoms with Crippen molar-refractivity contribution in [3.63, 3.8) is 0 Å². The van der Waals surface area contributed by atoms with E-state index in [2.05, 4.69) is 5.10 Å². The second kappa shape index (κ2) is 9.36. The second-order valence-electron chi connectivity index (χ2n) is 6.23. The fourth-order valence-corrected chi connectivity index (χ4v) is 2.63. The predicted octanol–water partition coefficient (Wildman–Crippen LogP) is 4.65. The van der Waals surface area contributed by atoms with Gasteiger partial charge in [0, 0.05) is 19.2 Å². The summed E-state index contributed by atoms with van der Waals surface area (Å²) in [5.74, 6) is 1.16. The third-order valence-corrected chi connectivity index (χ3v) is 4.24. The Morgan fingerprint density at radius 3 is 2.41 bits per heavy atom. The number of para-hydroxylation sites is 1. The Kier molecular flexibility index (Phi) is 6.42. The molecule has 0 aliphatic heterocycles. The van der Waals surface area contributed by atoms with Crippen molar-refractivity contribution in [3.05, 3.63) is 94.0 Å². The summed E-state index contributed by atoms with van der Waals surface area (Å²) in [7, 11) is 3.45. The molecule has 0 unspecified atom stereocenters. The molecular formula is C22H21N3O4. The SMILES string of the molecule is COc1ccc(/C=N\N(C)c2ccccc2)cc1OCc1ccc([N+](=O)[O-])cc1. The van der Waals surface area contributed by atoms with Gasteiger partial charge in [-0.2, -0.15) is 5.10 Å². The molecule has 0 amide bonds. The summed E-state index contributed by atoms with van der Waals surface area (Å²) in [6, 6.07) is 21.6. The van der Waals surface area contributed by atoms with E-state index in [9.17, 15) is 10.1 Å². The number of benzene rings is 3. The van der Waals surface area contributed by atoms with Gasteiger partial charge >= 0.3 is 0 Å². The summed E-state index contributed by atoms with van der Waals surface area (Å²) in [6.07, 6.45) is 1.74. The Morgan fingerprint density at radius 2 is 1.76 bits per heavy atom. The summed E-state index contributed by atoms with van der Waals surface area (Å²) >= 11 is 0. The molecule has 0 atom stereocenters. The van der Waals surface area contributed by atoms with Gasteiger partial charge in [-0.3, -0.25) is 15.1 Å². The summed E-state index contributed by atoms with van der Waals surface area (Å²) < 4.78 is 11.2. The number of nitrogens with zero attached hydrogens (tertiary/aromatic N) is 3. The van der Waals surface area contributed by atoms with Gasteiger partial charge < -0.3 is 9.47 Å². The zero-order valence-corrected chi connectivity index (χ0v) is 16.2. The molecule has 0 radical (unpaired) electrons. The van der Waals surface area contributed by atoms with Crippen molar-refractivity contribution in [2.75, 3.05) is 19.2 Å². The van der Waals surface area contributed by atoms with Crippen LogP contribution in [0.5, 0.6) is 11.5 Å². The number of nitro benzene ring substituents is 1. The minimum Gasteiger partial charge on any atom is -0.493 e. The van der Waals surface area contributed by atoms with Crippen LogP contribution in [0.15, 0.2) is 77.9 Å². The van der Waals surface area contributed by atoms with Crippen molar-refractivity contribution >= 4 is 17.6 Å². The van der Waals surface area contributed by atoms with Crippen molar-refractivity contribution in [3.8, 4) is 11.5 Å². The first-order chi connectivity index (χ1) is 14.1. The van der Waals surface area contributed by atoms with E-state index in [1.807, 2.05) is 55.6 Å². The van der Waals surface area contributed by atoms with Crippen molar-refractivity contribution in [2.24, 2.45) is 5.10 Å². The molecule has 7 heteroatoms. The van der Waals surface area contributed by atoms with Crippen LogP contribution in [0.1, 0.15) is 11.1 Å². The van der Waals surface area contributed by atoms with Gasteiger partial charge in [0.1, 0.15) is 6.61 Å². The largest absolute Gasteiger partial charge is 0.493 e. The van der Waals surface area contributed by atoms with Gasteiger partial charge in [0.25, 0.3) is 5.69 Å². The van der Waals surface area contributed by atoms with Crippen LogP contribution in [0.25, 0.3) is 0 Å². The van der Waals surface area contributed by atoms with Crippen molar-refractivity contribution < 1.29 is 14.4 Å². The molecule has 3 aromatic carbocycles. The quantitative estimate of drug-likeness (QED) is 0.317. The zero-order valence-electron chi connectivity index (χ0n) is 16.2. The van der Waals surface area contributed by atoms with Crippen LogP contribution >= 0.6 is 0 Å². The first kappa shape index (κ1) is 19.9. The maximum atomic E-state index is 10.8. The van der Waals surface area contributed by atoms with E-state index in [0.29, 0.717) is 11.5 Å². The first-order valence-electron chi connectivity index (χ1n) is 8.94. The van der Waals surface area contributed by atoms with Crippen molar-refractivity contribution in [2.45, 2.75) is 6.61 Å². The number of methoxy groups -OCH3 is 1. The molecule has 148 valence electrons. The third kappa shape index (κ3) is 5.32. The van der Waals surface area contributed by atoms with Crippen LogP contribution in [0.2, 0.25) is 0 Å². The van der Waals surface area contributed by atoms with Crippen LogP contribution in [0, 0.1) is 10.1 Å². The van der Waals surface area contributed by atoms with Crippen LogP contribution in [0.4, 0.5) is 11.4 Å². The third-order valence-electron chi connectivity index (χ3n) is 4.24. The normalized spacial score (nSPS) is 10.7. The lowest BCUT2D eigenvalue weighted by molar-refractivity contribution is -0.384. The molecule has 0 aliphatic rings. The van der Waals surface area contributed by atoms with Crippen molar-refractivity contribution in [1.29, 1.82) is 0 Å². The molecule has 0 fully saturated rings. The molecule has 0 bridgehead atoms. The molecule has 0 aromatic heterocycles. The van der Waals surface area contributed by atoms with Crippen LogP contribution in [0.3, 0.4) is 0 Å². The molecule has 0 spiro atoms. The minimum atomic E-state index is -0.428. The average Bonchev–Trinajstić information content (AvgIpc) is 2.77. The van der Waals surface area contributed by atoms with Gasteiger partial charge in [-0.1, -0.05) is 18.2 Å². The molecule has 29 heavy (non-hydrogen) atoms. The van der Waals surface area contributed by atoms with E-state index in [1.54, 1.807) is 30.5 Å². The first-order valence-corrected chi connectivity index (χ1v) is 8.94. The average molecular weight is 391 g/mol. The van der Waals surface area contributed by atoms with E-state index in [-0.39, 0.29) is 12.3 Å². The molecule has 0 heterocycles. The highest BCUT2D eigenvalue weighted by Gasteiger charge is 2.08. The van der Waals surface area contributed by atoms with Crippen LogP contribution in [-0.2, 0) is 6.61 Å². The summed E-state index contributed by atoms with van der Waals surface area (Å²) in [5.41, 5.74) is 2.70. The molecule has 3 rings (SSSR count). The number of hydrazone groups is 1. The molecular weight excluding hydrogens is 370 g/mol. The monoisotopic (exact) mass is 391 g/mol. The van der Waals surface area contributed by atoms with E-state index >= 15 is 0 Å². The van der Waals surface area contributed by atoms with Gasteiger partial charge in [-0.25, -0.2) is 0 Å². The highest BCUT2D eigenvalue weighted by molar-refractivity contribution is 5.81. The number of ether oxygens (including phenoxy) is 2. The van der Waals surface area contributed by atoms with E-state index in [4.69, 9.17) is 9.47 Å². The van der Waals surface area contributed by atoms with Crippen molar-refractivity contribution in [1.82, 2.24) is 0 Å². The molecule has 0 saturated heterocycles. The minimum absolute atomic E-state index is 0.0482. The van der Waals surface area contributed by atoms with E-state index < -0.39 is 4.92 Å². The highest BCUT2D eigenvalue weighted by atomic mass is 16.6. The topological polar surface area (TPSA) is 77.2 Å². The highest BCUT2D eigenvalue weighted by Crippen LogP contribution is 2.28. The molecule has 3 aromatic rings. The Bertz CT molecular complexity index is 989. The number of rotatable bonds is 8. The number of hydrogen-bond acceptors (Lipinski definition) is 6. The Hall–Kier alpha value is -3.87. The number of non-ortho nitro benzene ring substituents is 1. The van der Waals surface area contributed by atoms with Gasteiger partial charge in [0.15, 0.2) is 11.5 Å². The van der Waals surface area contributed by atoms with Gasteiger partial charge in [-0.05, 0) is 53.6 Å². The molecule has 0 aliphatic carbocycles. The van der Waals surface area contributed by atoms with Crippen LogP contribution < -0.4 is 14.5 Å². The number of hydrogen-bond donors (Lipinski definition) is 0. The Labute approximate surface area is 169 Å². The standard InChI is InChI=1S/C22H21N3O4/c1-24(19-6-4-3-5-7-19)23-15-18-10-13-21(28-2)22(14-18)29-16-17-8-11-20(12-9-17)25(26)27/h3-15H,16H2,1-2H3/b23-15-. The van der Waals surface area contributed by atoms with Crippen LogP contribution in [-0.4, -0.2) is 25.3 Å². The van der Waals surface area contributed by atoms with E-state index in [1.165, 1.54) is 12.1 Å². The predicted molar refractivity (Wildman–Crippen MR) is 113 cm³/mol. The lowest BCUT2D eigenvalue weighted by atomic mass is 10.2. The Balaban J connectivity index is 1.71. The van der Waals surface area contributed by atoms with Gasteiger partial charge in [0.05, 0.1) is 23.9 Å². The van der Waals surface area contributed by atoms with Gasteiger partial charge in [0.2, 0.25) is 0 Å². The van der Waals surface area contributed by atoms with E-state index in [0.717, 1.165) is 16.8 Å². The number of anilines is 1. The number of nitro groups is 1. The fourth-order valence-electron chi connectivity index (χ4n) is 2.63. The second-order valence-corrected chi connectivity index (χ2v) is 6.23. The smallest absolute Gasteiger partial charge is 0.269 e. The maximum absolute atomic E-state index is 10.8. The maximum Gasteiger partial charge on any atom is 0.269 e. The summed E-state index contributed by atoms with van der Waals surface area (Å²) in [6.45, 7) is 0.263. The van der Waals surface area contributed by atoms with Gasteiger partial charge in [-0.15, -0.1) is 0 Å². The lowest BCUT2D eigenvalue weighted by Gasteiger charge is -2.13. The molecule has 0 saturated carbocycles. The zero-order chi connectivity index (χ0) is 20.6. The lowest BCUT2D eigenvalue weighted by Crippen LogP contribution is -2.08. The summed E-state index contributed by atoms with van der Waals surface area (Å²) in [5, 5.41) is 17.0. The molecule has 7 nitrogen and oxygen atoms in total.